The van der Waals surface area contributed by atoms with Gasteiger partial charge in [0.15, 0.2) is 17.6 Å². The van der Waals surface area contributed by atoms with E-state index in [0.29, 0.717) is 29.2 Å². The molecular weight excluding hydrogens is 350 g/mol. The maximum absolute atomic E-state index is 12.7. The number of fused-ring (bicyclic) bond motifs is 1. The van der Waals surface area contributed by atoms with Gasteiger partial charge in [-0.2, -0.15) is 0 Å². The fourth-order valence-electron chi connectivity index (χ4n) is 3.09. The summed E-state index contributed by atoms with van der Waals surface area (Å²) in [6.45, 7) is 0. The Hall–Kier alpha value is -3.22. The van der Waals surface area contributed by atoms with E-state index in [1.165, 1.54) is 14.2 Å². The minimum Gasteiger partial charge on any atom is -0.493 e. The van der Waals surface area contributed by atoms with Crippen LogP contribution in [0.25, 0.3) is 0 Å². The van der Waals surface area contributed by atoms with Gasteiger partial charge in [0.25, 0.3) is 5.91 Å². The monoisotopic (exact) mass is 371 g/mol. The summed E-state index contributed by atoms with van der Waals surface area (Å²) in [6.07, 6.45) is -0.493. The van der Waals surface area contributed by atoms with Gasteiger partial charge in [-0.3, -0.25) is 9.59 Å². The molecule has 7 heteroatoms. The van der Waals surface area contributed by atoms with Gasteiger partial charge in [0.05, 0.1) is 26.7 Å². The molecule has 0 aliphatic carbocycles. The van der Waals surface area contributed by atoms with Crippen molar-refractivity contribution >= 4 is 11.9 Å². The van der Waals surface area contributed by atoms with E-state index in [9.17, 15) is 14.7 Å². The standard InChI is InChI=1S/C20H21NO6/c1-25-16-8-7-12(9-17(16)26-2)14(11-19(22)23)21-20(24)18-10-13-5-3-4-6-15(13)27-18/h3-9,14,18H,10-11H2,1-2H3,(H,21,24)(H,22,23)/t14-,18-/m0/s1. The number of carbonyl (C=O) groups is 2. The molecule has 7 nitrogen and oxygen atoms in total. The molecule has 0 saturated heterocycles. The van der Waals surface area contributed by atoms with Crippen molar-refractivity contribution in [2.45, 2.75) is 25.0 Å². The normalized spacial score (nSPS) is 16.0. The number of carbonyl (C=O) groups excluding carboxylic acids is 1. The van der Waals surface area contributed by atoms with Gasteiger partial charge in [0, 0.05) is 6.42 Å². The molecule has 0 spiro atoms. The number of carboxylic acid groups (broad SMARTS) is 1. The van der Waals surface area contributed by atoms with Crippen LogP contribution in [0.1, 0.15) is 23.6 Å². The fourth-order valence-corrected chi connectivity index (χ4v) is 3.09. The third kappa shape index (κ3) is 4.13. The second kappa shape index (κ2) is 7.99. The lowest BCUT2D eigenvalue weighted by atomic mass is 10.0. The second-order valence-corrected chi connectivity index (χ2v) is 6.19. The Kier molecular flexibility index (Phi) is 5.49. The van der Waals surface area contributed by atoms with Crippen molar-refractivity contribution in [1.82, 2.24) is 5.32 Å². The van der Waals surface area contributed by atoms with Crippen molar-refractivity contribution in [3.8, 4) is 17.2 Å². The molecule has 2 N–H and O–H groups in total. The molecule has 0 bridgehead atoms. The Bertz CT molecular complexity index is 825. The zero-order chi connectivity index (χ0) is 19.4. The van der Waals surface area contributed by atoms with Crippen LogP contribution < -0.4 is 19.5 Å². The van der Waals surface area contributed by atoms with Crippen molar-refractivity contribution in [2.75, 3.05) is 14.2 Å². The lowest BCUT2D eigenvalue weighted by molar-refractivity contribution is -0.138. The highest BCUT2D eigenvalue weighted by atomic mass is 16.5. The van der Waals surface area contributed by atoms with Gasteiger partial charge in [-0.15, -0.1) is 0 Å². The Morgan fingerprint density at radius 1 is 1.19 bits per heavy atom. The minimum absolute atomic E-state index is 0.263. The summed E-state index contributed by atoms with van der Waals surface area (Å²) in [6, 6.07) is 11.8. The number of aliphatic carboxylic acids is 1. The molecular formula is C20H21NO6. The molecule has 0 unspecified atom stereocenters. The topological polar surface area (TPSA) is 94.1 Å². The molecule has 2 atom stereocenters. The average molecular weight is 371 g/mol. The average Bonchev–Trinajstić information content (AvgIpc) is 3.11. The summed E-state index contributed by atoms with van der Waals surface area (Å²) >= 11 is 0. The van der Waals surface area contributed by atoms with Crippen LogP contribution in [0.2, 0.25) is 0 Å². The Morgan fingerprint density at radius 2 is 1.93 bits per heavy atom. The van der Waals surface area contributed by atoms with Crippen molar-refractivity contribution in [1.29, 1.82) is 0 Å². The van der Waals surface area contributed by atoms with E-state index in [1.54, 1.807) is 18.2 Å². The number of nitrogens with one attached hydrogen (secondary N) is 1. The first-order valence-electron chi connectivity index (χ1n) is 8.50. The Balaban J connectivity index is 1.78. The van der Waals surface area contributed by atoms with Crippen LogP contribution in [0, 0.1) is 0 Å². The number of methoxy groups -OCH3 is 2. The molecule has 0 radical (unpaired) electrons. The molecule has 2 aromatic rings. The first-order chi connectivity index (χ1) is 13.0. The van der Waals surface area contributed by atoms with Crippen LogP contribution in [0.3, 0.4) is 0 Å². The van der Waals surface area contributed by atoms with Gasteiger partial charge in [-0.1, -0.05) is 24.3 Å². The summed E-state index contributed by atoms with van der Waals surface area (Å²) in [7, 11) is 3.01. The van der Waals surface area contributed by atoms with Crippen LogP contribution in [-0.4, -0.2) is 37.3 Å². The van der Waals surface area contributed by atoms with Gasteiger partial charge in [-0.05, 0) is 29.3 Å². The van der Waals surface area contributed by atoms with Crippen molar-refractivity contribution < 1.29 is 28.9 Å². The maximum Gasteiger partial charge on any atom is 0.305 e. The first-order valence-corrected chi connectivity index (χ1v) is 8.50. The van der Waals surface area contributed by atoms with Crippen LogP contribution >= 0.6 is 0 Å². The summed E-state index contributed by atoms with van der Waals surface area (Å²) in [5.74, 6) is 0.289. The van der Waals surface area contributed by atoms with Crippen LogP contribution in [0.4, 0.5) is 0 Å². The molecule has 142 valence electrons. The lowest BCUT2D eigenvalue weighted by Crippen LogP contribution is -2.40. The highest BCUT2D eigenvalue weighted by molar-refractivity contribution is 5.83. The molecule has 1 amide bonds. The fraction of sp³-hybridized carbons (Fsp3) is 0.300. The third-order valence-corrected chi connectivity index (χ3v) is 4.44. The lowest BCUT2D eigenvalue weighted by Gasteiger charge is -2.21. The summed E-state index contributed by atoms with van der Waals surface area (Å²) in [4.78, 5) is 24.0. The van der Waals surface area contributed by atoms with Gasteiger partial charge in [0.2, 0.25) is 0 Å². The van der Waals surface area contributed by atoms with E-state index < -0.39 is 18.1 Å². The molecule has 2 aromatic carbocycles. The number of rotatable bonds is 7. The molecule has 0 aromatic heterocycles. The molecule has 0 saturated carbocycles. The number of benzene rings is 2. The van der Waals surface area contributed by atoms with E-state index in [-0.39, 0.29) is 12.3 Å². The van der Waals surface area contributed by atoms with Crippen molar-refractivity contribution in [3.63, 3.8) is 0 Å². The van der Waals surface area contributed by atoms with Crippen molar-refractivity contribution in [2.24, 2.45) is 0 Å². The molecule has 27 heavy (non-hydrogen) atoms. The minimum atomic E-state index is -1.02. The summed E-state index contributed by atoms with van der Waals surface area (Å²) in [5, 5.41) is 12.0. The smallest absolute Gasteiger partial charge is 0.305 e. The van der Waals surface area contributed by atoms with E-state index in [1.807, 2.05) is 24.3 Å². The zero-order valence-corrected chi connectivity index (χ0v) is 15.1. The summed E-state index contributed by atoms with van der Waals surface area (Å²) in [5.41, 5.74) is 1.57. The van der Waals surface area contributed by atoms with Crippen LogP contribution in [0.5, 0.6) is 17.2 Å². The van der Waals surface area contributed by atoms with Crippen LogP contribution in [0.15, 0.2) is 42.5 Å². The van der Waals surface area contributed by atoms with Gasteiger partial charge < -0.3 is 24.6 Å². The quantitative estimate of drug-likeness (QED) is 0.776. The third-order valence-electron chi connectivity index (χ3n) is 4.44. The predicted molar refractivity (Wildman–Crippen MR) is 97.2 cm³/mol. The van der Waals surface area contributed by atoms with Gasteiger partial charge >= 0.3 is 5.97 Å². The zero-order valence-electron chi connectivity index (χ0n) is 15.1. The number of carboxylic acids is 1. The second-order valence-electron chi connectivity index (χ2n) is 6.19. The predicted octanol–water partition coefficient (Wildman–Crippen LogP) is 2.34. The van der Waals surface area contributed by atoms with Gasteiger partial charge in [-0.25, -0.2) is 0 Å². The number of hydrogen-bond donors (Lipinski definition) is 2. The van der Waals surface area contributed by atoms with Gasteiger partial charge in [0.1, 0.15) is 5.75 Å². The molecule has 0 fully saturated rings. The molecule has 3 rings (SSSR count). The first kappa shape index (κ1) is 18.6. The number of hydrogen-bond acceptors (Lipinski definition) is 5. The number of para-hydroxylation sites is 1. The molecule has 1 heterocycles. The van der Waals surface area contributed by atoms with Crippen molar-refractivity contribution in [3.05, 3.63) is 53.6 Å². The molecule has 1 aliphatic rings. The summed E-state index contributed by atoms with van der Waals surface area (Å²) < 4.78 is 16.2. The van der Waals surface area contributed by atoms with E-state index >= 15 is 0 Å². The Morgan fingerprint density at radius 3 is 2.59 bits per heavy atom. The van der Waals surface area contributed by atoms with Crippen LogP contribution in [-0.2, 0) is 16.0 Å². The van der Waals surface area contributed by atoms with E-state index in [0.717, 1.165) is 5.56 Å². The number of amides is 1. The maximum atomic E-state index is 12.7. The molecule has 1 aliphatic heterocycles. The largest absolute Gasteiger partial charge is 0.493 e. The highest BCUT2D eigenvalue weighted by Crippen LogP contribution is 2.32. The highest BCUT2D eigenvalue weighted by Gasteiger charge is 2.31. The Labute approximate surface area is 156 Å². The number of ether oxygens (including phenoxy) is 3. The SMILES string of the molecule is COc1ccc([C@H](CC(=O)O)NC(=O)[C@@H]2Cc3ccccc3O2)cc1OC. The van der Waals surface area contributed by atoms with E-state index in [4.69, 9.17) is 14.2 Å². The van der Waals surface area contributed by atoms with E-state index in [2.05, 4.69) is 5.32 Å².